The van der Waals surface area contributed by atoms with Crippen LogP contribution in [0.15, 0.2) is 18.2 Å². The topological polar surface area (TPSA) is 15.3 Å². The lowest BCUT2D eigenvalue weighted by Gasteiger charge is -2.33. The van der Waals surface area contributed by atoms with E-state index in [-0.39, 0.29) is 36.7 Å². The van der Waals surface area contributed by atoms with Gasteiger partial charge >= 0.3 is 0 Å². The molecule has 1 heterocycles. The maximum atomic E-state index is 13.8. The van der Waals surface area contributed by atoms with E-state index in [1.54, 1.807) is 6.07 Å². The number of hydrogen-bond acceptors (Lipinski definition) is 2. The number of nitrogens with one attached hydrogen (secondary N) is 1. The van der Waals surface area contributed by atoms with Gasteiger partial charge in [0.2, 0.25) is 0 Å². The first-order valence-electron chi connectivity index (χ1n) is 5.89. The molecule has 1 aromatic rings. The number of rotatable bonds is 2. The Hall–Kier alpha value is -0.350. The normalized spacial score (nSPS) is 17.5. The van der Waals surface area contributed by atoms with Gasteiger partial charge in [-0.15, -0.1) is 24.8 Å². The maximum absolute atomic E-state index is 13.8. The van der Waals surface area contributed by atoms with E-state index >= 15 is 0 Å². The highest BCUT2D eigenvalue weighted by Crippen LogP contribution is 2.23. The van der Waals surface area contributed by atoms with Crippen molar-refractivity contribution in [1.29, 1.82) is 0 Å². The first-order chi connectivity index (χ1) is 7.68. The zero-order valence-corrected chi connectivity index (χ0v) is 12.4. The second-order valence-corrected chi connectivity index (χ2v) is 4.49. The lowest BCUT2D eigenvalue weighted by atomic mass is 10.0. The lowest BCUT2D eigenvalue weighted by Crippen LogP contribution is -2.44. The minimum Gasteiger partial charge on any atom is -0.314 e. The van der Waals surface area contributed by atoms with Crippen LogP contribution in [-0.4, -0.2) is 31.1 Å². The van der Waals surface area contributed by atoms with Crippen LogP contribution in [0.1, 0.15) is 24.1 Å². The van der Waals surface area contributed by atoms with E-state index in [9.17, 15) is 4.39 Å². The van der Waals surface area contributed by atoms with Gasteiger partial charge in [-0.2, -0.15) is 0 Å². The van der Waals surface area contributed by atoms with Crippen LogP contribution in [0, 0.1) is 12.7 Å². The fourth-order valence-corrected chi connectivity index (χ4v) is 2.24. The van der Waals surface area contributed by atoms with Crippen molar-refractivity contribution in [3.8, 4) is 0 Å². The van der Waals surface area contributed by atoms with E-state index < -0.39 is 0 Å². The monoisotopic (exact) mass is 294 g/mol. The van der Waals surface area contributed by atoms with E-state index in [2.05, 4.69) is 17.1 Å². The Balaban J connectivity index is 0.00000144. The summed E-state index contributed by atoms with van der Waals surface area (Å²) in [7, 11) is 0. The van der Waals surface area contributed by atoms with Gasteiger partial charge in [-0.1, -0.05) is 12.1 Å². The molecule has 2 nitrogen and oxygen atoms in total. The summed E-state index contributed by atoms with van der Waals surface area (Å²) >= 11 is 0. The average molecular weight is 295 g/mol. The molecule has 1 aromatic carbocycles. The molecule has 0 amide bonds. The first kappa shape index (κ1) is 17.6. The summed E-state index contributed by atoms with van der Waals surface area (Å²) in [5.41, 5.74) is 1.79. The number of nitrogens with zero attached hydrogens (tertiary/aromatic N) is 1. The van der Waals surface area contributed by atoms with Crippen molar-refractivity contribution in [1.82, 2.24) is 10.2 Å². The fraction of sp³-hybridized carbons (Fsp3) is 0.538. The van der Waals surface area contributed by atoms with Crippen molar-refractivity contribution >= 4 is 24.8 Å². The van der Waals surface area contributed by atoms with Gasteiger partial charge in [0.05, 0.1) is 0 Å². The molecule has 1 saturated heterocycles. The third kappa shape index (κ3) is 4.09. The molecular formula is C13H21Cl2FN2. The summed E-state index contributed by atoms with van der Waals surface area (Å²) in [6, 6.07) is 5.69. The van der Waals surface area contributed by atoms with E-state index in [1.807, 2.05) is 19.1 Å². The Kier molecular flexibility index (Phi) is 7.79. The molecule has 0 saturated carbocycles. The molecule has 0 unspecified atom stereocenters. The summed E-state index contributed by atoms with van der Waals surface area (Å²) < 4.78 is 13.8. The van der Waals surface area contributed by atoms with Crippen LogP contribution in [0.2, 0.25) is 0 Å². The Morgan fingerprint density at radius 2 is 1.83 bits per heavy atom. The summed E-state index contributed by atoms with van der Waals surface area (Å²) in [6.45, 7) is 7.99. The quantitative estimate of drug-likeness (QED) is 0.902. The van der Waals surface area contributed by atoms with Gasteiger partial charge in [0.15, 0.2) is 0 Å². The summed E-state index contributed by atoms with van der Waals surface area (Å²) in [5, 5.41) is 3.31. The summed E-state index contributed by atoms with van der Waals surface area (Å²) in [5.74, 6) is -0.0777. The van der Waals surface area contributed by atoms with E-state index in [0.717, 1.165) is 37.3 Å². The van der Waals surface area contributed by atoms with Crippen molar-refractivity contribution in [2.45, 2.75) is 19.9 Å². The van der Waals surface area contributed by atoms with Gasteiger partial charge in [-0.3, -0.25) is 4.90 Å². The molecule has 1 N–H and O–H groups in total. The Morgan fingerprint density at radius 1 is 1.22 bits per heavy atom. The van der Waals surface area contributed by atoms with Crippen molar-refractivity contribution in [3.05, 3.63) is 35.1 Å². The molecule has 5 heteroatoms. The predicted molar refractivity (Wildman–Crippen MR) is 78.5 cm³/mol. The van der Waals surface area contributed by atoms with Gasteiger partial charge < -0.3 is 5.32 Å². The first-order valence-corrected chi connectivity index (χ1v) is 5.89. The molecule has 0 aliphatic carbocycles. The van der Waals surface area contributed by atoms with Crippen molar-refractivity contribution in [3.63, 3.8) is 0 Å². The van der Waals surface area contributed by atoms with E-state index in [0.29, 0.717) is 0 Å². The molecule has 18 heavy (non-hydrogen) atoms. The highest BCUT2D eigenvalue weighted by atomic mass is 35.5. The maximum Gasteiger partial charge on any atom is 0.128 e. The van der Waals surface area contributed by atoms with Crippen LogP contribution < -0.4 is 5.32 Å². The van der Waals surface area contributed by atoms with Crippen LogP contribution >= 0.6 is 24.8 Å². The number of benzene rings is 1. The zero-order valence-electron chi connectivity index (χ0n) is 10.8. The standard InChI is InChI=1S/C13H19FN2.2ClH/c1-10-3-4-12(13(14)9-10)11(2)16-7-5-15-6-8-16;;/h3-4,9,11,15H,5-8H2,1-2H3;2*1H/t11-;;/m1../s1. The summed E-state index contributed by atoms with van der Waals surface area (Å²) in [6.07, 6.45) is 0. The number of halogens is 3. The third-order valence-electron chi connectivity index (χ3n) is 3.31. The Morgan fingerprint density at radius 3 is 2.39 bits per heavy atom. The van der Waals surface area contributed by atoms with Gasteiger partial charge in [0.25, 0.3) is 0 Å². The highest BCUT2D eigenvalue weighted by Gasteiger charge is 2.20. The molecule has 1 aliphatic heterocycles. The van der Waals surface area contributed by atoms with Crippen molar-refractivity contribution in [2.24, 2.45) is 0 Å². The summed E-state index contributed by atoms with van der Waals surface area (Å²) in [4.78, 5) is 2.32. The molecule has 104 valence electrons. The SMILES string of the molecule is Cc1ccc([C@@H](C)N2CCNCC2)c(F)c1.Cl.Cl. The number of hydrogen-bond donors (Lipinski definition) is 1. The largest absolute Gasteiger partial charge is 0.314 e. The molecular weight excluding hydrogens is 274 g/mol. The van der Waals surface area contributed by atoms with Gasteiger partial charge in [-0.05, 0) is 25.5 Å². The van der Waals surface area contributed by atoms with Crippen LogP contribution in [0.4, 0.5) is 4.39 Å². The predicted octanol–water partition coefficient (Wildman–Crippen LogP) is 2.94. The van der Waals surface area contributed by atoms with Crippen molar-refractivity contribution in [2.75, 3.05) is 26.2 Å². The molecule has 2 rings (SSSR count). The molecule has 0 spiro atoms. The van der Waals surface area contributed by atoms with Gasteiger partial charge in [0.1, 0.15) is 5.82 Å². The molecule has 0 bridgehead atoms. The average Bonchev–Trinajstić information content (AvgIpc) is 2.29. The van der Waals surface area contributed by atoms with E-state index in [1.165, 1.54) is 0 Å². The Bertz CT molecular complexity index is 368. The molecule has 0 aromatic heterocycles. The minimum absolute atomic E-state index is 0. The third-order valence-corrected chi connectivity index (χ3v) is 3.31. The molecule has 1 fully saturated rings. The smallest absolute Gasteiger partial charge is 0.128 e. The number of piperazine rings is 1. The minimum atomic E-state index is -0.0777. The number of aryl methyl sites for hydroxylation is 1. The zero-order chi connectivity index (χ0) is 11.5. The second-order valence-electron chi connectivity index (χ2n) is 4.49. The molecule has 1 atom stereocenters. The van der Waals surface area contributed by atoms with Crippen LogP contribution in [0.5, 0.6) is 0 Å². The molecule has 1 aliphatic rings. The van der Waals surface area contributed by atoms with Gasteiger partial charge in [0, 0.05) is 37.8 Å². The van der Waals surface area contributed by atoms with E-state index in [4.69, 9.17) is 0 Å². The Labute approximate surface area is 121 Å². The van der Waals surface area contributed by atoms with Crippen LogP contribution in [0.3, 0.4) is 0 Å². The van der Waals surface area contributed by atoms with Crippen molar-refractivity contribution < 1.29 is 4.39 Å². The van der Waals surface area contributed by atoms with Crippen LogP contribution in [0.25, 0.3) is 0 Å². The highest BCUT2D eigenvalue weighted by molar-refractivity contribution is 5.85. The fourth-order valence-electron chi connectivity index (χ4n) is 2.24. The van der Waals surface area contributed by atoms with Gasteiger partial charge in [-0.25, -0.2) is 4.39 Å². The second kappa shape index (κ2) is 7.95. The lowest BCUT2D eigenvalue weighted by molar-refractivity contribution is 0.182. The van der Waals surface area contributed by atoms with Crippen LogP contribution in [-0.2, 0) is 0 Å². The molecule has 0 radical (unpaired) electrons.